The Morgan fingerprint density at radius 2 is 2.22 bits per heavy atom. The smallest absolute Gasteiger partial charge is 0.240 e. The number of carbonyl (C=O) groups is 2. The normalized spacial score (nSPS) is 25.2. The third-order valence-corrected chi connectivity index (χ3v) is 3.00. The van der Waals surface area contributed by atoms with Gasteiger partial charge in [0.15, 0.2) is 0 Å². The average Bonchev–Trinajstić information content (AvgIpc) is 2.71. The fourth-order valence-corrected chi connectivity index (χ4v) is 2.12. The number of nitrogens with zero attached hydrogens (tertiary/aromatic N) is 1. The lowest BCUT2D eigenvalue weighted by atomic mass is 10.1. The number of aliphatic hydroxyl groups is 1. The zero-order valence-corrected chi connectivity index (χ0v) is 10.5. The van der Waals surface area contributed by atoms with Gasteiger partial charge in [0.05, 0.1) is 18.6 Å². The van der Waals surface area contributed by atoms with Gasteiger partial charge in [-0.15, -0.1) is 0 Å². The summed E-state index contributed by atoms with van der Waals surface area (Å²) in [6, 6.07) is -0.729. The van der Waals surface area contributed by atoms with E-state index in [4.69, 9.17) is 16.2 Å². The molecule has 0 saturated carbocycles. The van der Waals surface area contributed by atoms with Crippen molar-refractivity contribution in [3.63, 3.8) is 0 Å². The molecule has 0 aliphatic carbocycles. The van der Waals surface area contributed by atoms with Crippen molar-refractivity contribution in [2.45, 2.75) is 38.0 Å². The van der Waals surface area contributed by atoms with Gasteiger partial charge in [-0.3, -0.25) is 9.59 Å². The molecule has 7 nitrogen and oxygen atoms in total. The van der Waals surface area contributed by atoms with E-state index < -0.39 is 18.1 Å². The van der Waals surface area contributed by atoms with E-state index in [2.05, 4.69) is 0 Å². The second kappa shape index (κ2) is 6.67. The average molecular weight is 259 g/mol. The van der Waals surface area contributed by atoms with Crippen LogP contribution in [0.3, 0.4) is 0 Å². The van der Waals surface area contributed by atoms with Crippen molar-refractivity contribution in [3.8, 4) is 0 Å². The van der Waals surface area contributed by atoms with Gasteiger partial charge in [-0.05, 0) is 6.92 Å². The molecule has 1 saturated heterocycles. The highest BCUT2D eigenvalue weighted by Crippen LogP contribution is 2.19. The number of β-amino-alcohol motifs (C(OH)–C–C–N with tert-alkyl or cyclic N) is 1. The summed E-state index contributed by atoms with van der Waals surface area (Å²) in [6.07, 6.45) is -0.771. The van der Waals surface area contributed by atoms with Crippen LogP contribution >= 0.6 is 0 Å². The van der Waals surface area contributed by atoms with Crippen LogP contribution in [0.25, 0.3) is 0 Å². The standard InChI is InChI=1S/C11H21N3O4/c1-2-18-8(5-12)4-10(16)14-6-7(15)3-9(14)11(13)17/h7-9,15H,2-6,12H2,1H3,(H2,13,17). The Morgan fingerprint density at radius 1 is 1.56 bits per heavy atom. The topological polar surface area (TPSA) is 119 Å². The minimum atomic E-state index is -0.729. The molecule has 104 valence electrons. The van der Waals surface area contributed by atoms with Gasteiger partial charge in [0.2, 0.25) is 11.8 Å². The summed E-state index contributed by atoms with van der Waals surface area (Å²) < 4.78 is 5.29. The summed E-state index contributed by atoms with van der Waals surface area (Å²) in [5.41, 5.74) is 10.7. The van der Waals surface area contributed by atoms with Crippen LogP contribution in [-0.4, -0.2) is 59.8 Å². The van der Waals surface area contributed by atoms with Crippen LogP contribution in [0.2, 0.25) is 0 Å². The van der Waals surface area contributed by atoms with Gasteiger partial charge >= 0.3 is 0 Å². The first-order valence-corrected chi connectivity index (χ1v) is 6.08. The van der Waals surface area contributed by atoms with Crippen molar-refractivity contribution in [2.24, 2.45) is 11.5 Å². The van der Waals surface area contributed by atoms with Crippen molar-refractivity contribution in [2.75, 3.05) is 19.7 Å². The minimum Gasteiger partial charge on any atom is -0.391 e. The van der Waals surface area contributed by atoms with E-state index in [1.807, 2.05) is 6.92 Å². The zero-order chi connectivity index (χ0) is 13.7. The van der Waals surface area contributed by atoms with E-state index in [1.54, 1.807) is 0 Å². The van der Waals surface area contributed by atoms with E-state index in [0.29, 0.717) is 6.61 Å². The molecule has 1 rings (SSSR count). The highest BCUT2D eigenvalue weighted by Gasteiger charge is 2.38. The predicted octanol–water partition coefficient (Wildman–Crippen LogP) is -1.81. The van der Waals surface area contributed by atoms with Gasteiger partial charge in [0, 0.05) is 26.1 Å². The van der Waals surface area contributed by atoms with Crippen molar-refractivity contribution in [1.82, 2.24) is 4.90 Å². The predicted molar refractivity (Wildman–Crippen MR) is 64.4 cm³/mol. The van der Waals surface area contributed by atoms with Crippen LogP contribution in [0.1, 0.15) is 19.8 Å². The monoisotopic (exact) mass is 259 g/mol. The second-order valence-electron chi connectivity index (χ2n) is 4.37. The maximum atomic E-state index is 12.0. The van der Waals surface area contributed by atoms with Gasteiger partial charge in [-0.25, -0.2) is 0 Å². The maximum Gasteiger partial charge on any atom is 0.240 e. The molecule has 5 N–H and O–H groups in total. The van der Waals surface area contributed by atoms with Crippen molar-refractivity contribution >= 4 is 11.8 Å². The molecular formula is C11H21N3O4. The molecule has 2 amide bonds. The minimum absolute atomic E-state index is 0.0981. The lowest BCUT2D eigenvalue weighted by molar-refractivity contribution is -0.139. The van der Waals surface area contributed by atoms with E-state index in [0.717, 1.165) is 0 Å². The molecule has 18 heavy (non-hydrogen) atoms. The number of hydrogen-bond donors (Lipinski definition) is 3. The van der Waals surface area contributed by atoms with Crippen LogP contribution in [0.4, 0.5) is 0 Å². The van der Waals surface area contributed by atoms with E-state index in [1.165, 1.54) is 4.90 Å². The molecular weight excluding hydrogens is 238 g/mol. The van der Waals surface area contributed by atoms with Crippen molar-refractivity contribution in [3.05, 3.63) is 0 Å². The van der Waals surface area contributed by atoms with Gasteiger partial charge in [-0.1, -0.05) is 0 Å². The fourth-order valence-electron chi connectivity index (χ4n) is 2.12. The second-order valence-corrected chi connectivity index (χ2v) is 4.37. The number of likely N-dealkylation sites (tertiary alicyclic amines) is 1. The summed E-state index contributed by atoms with van der Waals surface area (Å²) >= 11 is 0. The SMILES string of the molecule is CCOC(CN)CC(=O)N1CC(O)CC1C(N)=O. The molecule has 1 heterocycles. The first kappa shape index (κ1) is 14.9. The third kappa shape index (κ3) is 3.66. The Hall–Kier alpha value is -1.18. The fraction of sp³-hybridized carbons (Fsp3) is 0.818. The molecule has 0 aromatic rings. The number of rotatable bonds is 6. The van der Waals surface area contributed by atoms with Gasteiger partial charge in [0.1, 0.15) is 6.04 Å². The number of ether oxygens (including phenoxy) is 1. The van der Waals surface area contributed by atoms with Crippen molar-refractivity contribution < 1.29 is 19.4 Å². The lowest BCUT2D eigenvalue weighted by Crippen LogP contribution is -2.45. The Morgan fingerprint density at radius 3 is 2.72 bits per heavy atom. The van der Waals surface area contributed by atoms with E-state index >= 15 is 0 Å². The molecule has 3 atom stereocenters. The summed E-state index contributed by atoms with van der Waals surface area (Å²) in [5.74, 6) is -0.861. The molecule has 1 fully saturated rings. The molecule has 0 radical (unpaired) electrons. The Kier molecular flexibility index (Phi) is 5.52. The molecule has 0 bridgehead atoms. The van der Waals surface area contributed by atoms with Gasteiger partial charge in [-0.2, -0.15) is 0 Å². The molecule has 3 unspecified atom stereocenters. The number of aliphatic hydroxyl groups excluding tert-OH is 1. The first-order valence-electron chi connectivity index (χ1n) is 6.08. The van der Waals surface area contributed by atoms with Crippen molar-refractivity contribution in [1.29, 1.82) is 0 Å². The largest absolute Gasteiger partial charge is 0.391 e. The van der Waals surface area contributed by atoms with Crippen LogP contribution in [0, 0.1) is 0 Å². The molecule has 1 aliphatic rings. The number of nitrogens with two attached hydrogens (primary N) is 2. The summed E-state index contributed by atoms with van der Waals surface area (Å²) in [6.45, 7) is 2.66. The first-order chi connectivity index (χ1) is 8.49. The molecule has 7 heteroatoms. The lowest BCUT2D eigenvalue weighted by Gasteiger charge is -2.24. The Balaban J connectivity index is 2.61. The number of hydrogen-bond acceptors (Lipinski definition) is 5. The van der Waals surface area contributed by atoms with Crippen LogP contribution in [-0.2, 0) is 14.3 Å². The Bertz CT molecular complexity index is 311. The van der Waals surface area contributed by atoms with Crippen LogP contribution < -0.4 is 11.5 Å². The molecule has 0 aromatic heterocycles. The Labute approximate surface area is 106 Å². The van der Waals surface area contributed by atoms with E-state index in [-0.39, 0.29) is 37.9 Å². The number of carbonyl (C=O) groups excluding carboxylic acids is 2. The number of amides is 2. The number of primary amides is 1. The highest BCUT2D eigenvalue weighted by atomic mass is 16.5. The third-order valence-electron chi connectivity index (χ3n) is 3.00. The molecule has 0 aromatic carbocycles. The summed E-state index contributed by atoms with van der Waals surface area (Å²) in [4.78, 5) is 24.5. The molecule has 0 spiro atoms. The van der Waals surface area contributed by atoms with Gasteiger partial charge < -0.3 is 26.2 Å². The van der Waals surface area contributed by atoms with Gasteiger partial charge in [0.25, 0.3) is 0 Å². The van der Waals surface area contributed by atoms with Crippen LogP contribution in [0.5, 0.6) is 0 Å². The summed E-state index contributed by atoms with van der Waals surface area (Å²) in [7, 11) is 0. The van der Waals surface area contributed by atoms with E-state index in [9.17, 15) is 14.7 Å². The molecule has 1 aliphatic heterocycles. The van der Waals surface area contributed by atoms with Crippen LogP contribution in [0.15, 0.2) is 0 Å². The maximum absolute atomic E-state index is 12.0. The quantitative estimate of drug-likeness (QED) is 0.519. The summed E-state index contributed by atoms with van der Waals surface area (Å²) in [5, 5.41) is 9.50. The zero-order valence-electron chi connectivity index (χ0n) is 10.5. The highest BCUT2D eigenvalue weighted by molar-refractivity contribution is 5.87.